The van der Waals surface area contributed by atoms with E-state index in [1.165, 1.54) is 0 Å². The molecule has 0 saturated heterocycles. The van der Waals surface area contributed by atoms with Crippen LogP contribution in [0.3, 0.4) is 0 Å². The van der Waals surface area contributed by atoms with E-state index >= 15 is 0 Å². The van der Waals surface area contributed by atoms with Gasteiger partial charge in [-0.05, 0) is 6.08 Å². The third kappa shape index (κ3) is 3.70. The number of alkyl halides is 3. The van der Waals surface area contributed by atoms with Gasteiger partial charge in [-0.2, -0.15) is 13.2 Å². The minimum atomic E-state index is -4.43. The Kier molecular flexibility index (Phi) is 3.43. The van der Waals surface area contributed by atoms with Gasteiger partial charge in [0.25, 0.3) is 0 Å². The van der Waals surface area contributed by atoms with E-state index in [0.29, 0.717) is 0 Å². The molecule has 0 amide bonds. The summed E-state index contributed by atoms with van der Waals surface area (Å²) in [6.45, 7) is 0. The minimum Gasteiger partial charge on any atom is -0.165 e. The molecule has 0 unspecified atom stereocenters. The van der Waals surface area contributed by atoms with Gasteiger partial charge in [-0.15, -0.1) is 0 Å². The molecule has 0 aromatic rings. The van der Waals surface area contributed by atoms with Gasteiger partial charge in [0.05, 0.1) is 0 Å². The van der Waals surface area contributed by atoms with Crippen LogP contribution in [0.1, 0.15) is 0 Å². The molecular formula is C4H3ClF3S. The minimum absolute atomic E-state index is 0.113. The summed E-state index contributed by atoms with van der Waals surface area (Å²) < 4.78 is 34.2. The standard InChI is InChI=1S/C4H3ClF3S/c5-3(1-2-9)4(6,7)8/h1H,2H2/b3-1-. The predicted octanol–water partition coefficient (Wildman–Crippen LogP) is 2.87. The molecule has 0 nitrogen and oxygen atoms in total. The van der Waals surface area contributed by atoms with Crippen molar-refractivity contribution >= 4 is 24.2 Å². The number of hydrogen-bond acceptors (Lipinski definition) is 0. The molecule has 0 aromatic carbocycles. The zero-order chi connectivity index (χ0) is 7.49. The molecule has 0 aliphatic rings. The normalized spacial score (nSPS) is 14.1. The lowest BCUT2D eigenvalue weighted by atomic mass is 10.5. The van der Waals surface area contributed by atoms with Crippen molar-refractivity contribution in [3.8, 4) is 0 Å². The smallest absolute Gasteiger partial charge is 0.165 e. The monoisotopic (exact) mass is 175 g/mol. The summed E-state index contributed by atoms with van der Waals surface area (Å²) in [5.41, 5.74) is 0. The highest BCUT2D eigenvalue weighted by atomic mass is 35.5. The Morgan fingerprint density at radius 2 is 2.00 bits per heavy atom. The van der Waals surface area contributed by atoms with Gasteiger partial charge in [0.15, 0.2) is 0 Å². The molecule has 0 rings (SSSR count). The van der Waals surface area contributed by atoms with Gasteiger partial charge in [0.1, 0.15) is 5.03 Å². The maximum atomic E-state index is 11.4. The quantitative estimate of drug-likeness (QED) is 0.575. The summed E-state index contributed by atoms with van der Waals surface area (Å²) in [7, 11) is 0. The molecule has 0 saturated carbocycles. The van der Waals surface area contributed by atoms with Gasteiger partial charge >= 0.3 is 6.18 Å². The molecule has 0 aromatic heterocycles. The molecule has 53 valence electrons. The van der Waals surface area contributed by atoms with Crippen LogP contribution in [0.25, 0.3) is 0 Å². The van der Waals surface area contributed by atoms with E-state index in [1.807, 2.05) is 0 Å². The molecule has 1 radical (unpaired) electrons. The summed E-state index contributed by atoms with van der Waals surface area (Å²) >= 11 is 8.96. The third-order valence-corrected chi connectivity index (χ3v) is 1.07. The second-order valence-corrected chi connectivity index (χ2v) is 1.96. The van der Waals surface area contributed by atoms with E-state index in [0.717, 1.165) is 6.08 Å². The second-order valence-electron chi connectivity index (χ2n) is 1.22. The Bertz CT molecular complexity index is 117. The van der Waals surface area contributed by atoms with Crippen LogP contribution < -0.4 is 0 Å². The lowest BCUT2D eigenvalue weighted by Crippen LogP contribution is -2.06. The van der Waals surface area contributed by atoms with E-state index in [1.54, 1.807) is 0 Å². The van der Waals surface area contributed by atoms with Crippen LogP contribution in [-0.2, 0) is 0 Å². The topological polar surface area (TPSA) is 0 Å². The average molecular weight is 176 g/mol. The highest BCUT2D eigenvalue weighted by Crippen LogP contribution is 2.28. The highest BCUT2D eigenvalue weighted by Gasteiger charge is 2.31. The molecule has 0 aliphatic carbocycles. The fourth-order valence-corrected chi connectivity index (χ4v) is 0.524. The Morgan fingerprint density at radius 1 is 1.56 bits per heavy atom. The molecular weight excluding hydrogens is 173 g/mol. The number of hydrogen-bond donors (Lipinski definition) is 0. The maximum Gasteiger partial charge on any atom is 0.426 e. The molecule has 0 spiro atoms. The zero-order valence-corrected chi connectivity index (χ0v) is 5.78. The van der Waals surface area contributed by atoms with Gasteiger partial charge < -0.3 is 0 Å². The molecule has 0 N–H and O–H groups in total. The van der Waals surface area contributed by atoms with Crippen molar-refractivity contribution in [2.24, 2.45) is 0 Å². The summed E-state index contributed by atoms with van der Waals surface area (Å²) in [6, 6.07) is 0. The van der Waals surface area contributed by atoms with Crippen LogP contribution in [0, 0.1) is 0 Å². The van der Waals surface area contributed by atoms with E-state index in [2.05, 4.69) is 12.6 Å². The van der Waals surface area contributed by atoms with E-state index < -0.39 is 11.2 Å². The van der Waals surface area contributed by atoms with Gasteiger partial charge in [0.2, 0.25) is 0 Å². The number of rotatable bonds is 1. The van der Waals surface area contributed by atoms with Crippen LogP contribution in [0.2, 0.25) is 0 Å². The van der Waals surface area contributed by atoms with Crippen molar-refractivity contribution in [3.63, 3.8) is 0 Å². The van der Waals surface area contributed by atoms with E-state index in [-0.39, 0.29) is 5.75 Å². The molecule has 9 heavy (non-hydrogen) atoms. The third-order valence-electron chi connectivity index (χ3n) is 0.533. The van der Waals surface area contributed by atoms with Crippen molar-refractivity contribution in [1.82, 2.24) is 0 Å². The van der Waals surface area contributed by atoms with Gasteiger partial charge in [-0.3, -0.25) is 0 Å². The van der Waals surface area contributed by atoms with Crippen molar-refractivity contribution in [3.05, 3.63) is 11.1 Å². The Labute approximate surface area is 61.1 Å². The Balaban J connectivity index is 4.03. The Hall–Kier alpha value is 0.170. The first kappa shape index (κ1) is 9.17. The fraction of sp³-hybridized carbons (Fsp3) is 0.500. The fourth-order valence-electron chi connectivity index (χ4n) is 0.189. The number of allylic oxidation sites excluding steroid dienone is 1. The van der Waals surface area contributed by atoms with Crippen LogP contribution in [0.15, 0.2) is 11.1 Å². The van der Waals surface area contributed by atoms with Crippen LogP contribution in [0.4, 0.5) is 13.2 Å². The maximum absolute atomic E-state index is 11.4. The summed E-state index contributed by atoms with van der Waals surface area (Å²) in [6.07, 6.45) is -3.68. The zero-order valence-electron chi connectivity index (χ0n) is 4.20. The summed E-state index contributed by atoms with van der Waals surface area (Å²) in [5.74, 6) is -0.113. The van der Waals surface area contributed by atoms with Crippen molar-refractivity contribution < 1.29 is 13.2 Å². The Morgan fingerprint density at radius 3 is 2.11 bits per heavy atom. The average Bonchev–Trinajstić information content (AvgIpc) is 1.64. The molecule has 0 bridgehead atoms. The summed E-state index contributed by atoms with van der Waals surface area (Å²) in [4.78, 5) is 0. The molecule has 0 aliphatic heterocycles. The van der Waals surface area contributed by atoms with Crippen LogP contribution in [-0.4, -0.2) is 11.9 Å². The predicted molar refractivity (Wildman–Crippen MR) is 32.4 cm³/mol. The first-order chi connectivity index (χ1) is 3.98. The first-order valence-electron chi connectivity index (χ1n) is 1.99. The van der Waals surface area contributed by atoms with Crippen LogP contribution >= 0.6 is 24.2 Å². The molecule has 0 atom stereocenters. The van der Waals surface area contributed by atoms with E-state index in [4.69, 9.17) is 11.6 Å². The van der Waals surface area contributed by atoms with Gasteiger partial charge in [0, 0.05) is 5.75 Å². The van der Waals surface area contributed by atoms with Crippen molar-refractivity contribution in [2.45, 2.75) is 6.18 Å². The lowest BCUT2D eigenvalue weighted by molar-refractivity contribution is -0.0846. The van der Waals surface area contributed by atoms with Crippen molar-refractivity contribution in [1.29, 1.82) is 0 Å². The van der Waals surface area contributed by atoms with Gasteiger partial charge in [-0.1, -0.05) is 24.2 Å². The molecule has 0 heterocycles. The highest BCUT2D eigenvalue weighted by molar-refractivity contribution is 7.80. The SMILES string of the molecule is FC(F)(F)/C(Cl)=C/C[S]. The van der Waals surface area contributed by atoms with Crippen molar-refractivity contribution in [2.75, 3.05) is 5.75 Å². The molecule has 5 heteroatoms. The largest absolute Gasteiger partial charge is 0.426 e. The van der Waals surface area contributed by atoms with Crippen LogP contribution in [0.5, 0.6) is 0 Å². The molecule has 0 fully saturated rings. The second kappa shape index (κ2) is 3.37. The van der Waals surface area contributed by atoms with Gasteiger partial charge in [-0.25, -0.2) is 0 Å². The number of halogens is 4. The first-order valence-corrected chi connectivity index (χ1v) is 2.95. The van der Waals surface area contributed by atoms with E-state index in [9.17, 15) is 13.2 Å². The summed E-state index contributed by atoms with van der Waals surface area (Å²) in [5, 5.41) is -1.14. The lowest BCUT2D eigenvalue weighted by Gasteiger charge is -2.01.